The van der Waals surface area contributed by atoms with Crippen molar-refractivity contribution in [1.82, 2.24) is 9.55 Å². The summed E-state index contributed by atoms with van der Waals surface area (Å²) in [6, 6.07) is 18.5. The topological polar surface area (TPSA) is 64.0 Å². The van der Waals surface area contributed by atoms with Gasteiger partial charge in [0, 0.05) is 5.69 Å². The summed E-state index contributed by atoms with van der Waals surface area (Å²) in [5.74, 6) is -0.282. The molecule has 3 rings (SSSR count). The Hall–Kier alpha value is -3.21. The monoisotopic (exact) mass is 347 g/mol. The lowest BCUT2D eigenvalue weighted by Gasteiger charge is -2.27. The Morgan fingerprint density at radius 1 is 1.00 bits per heavy atom. The molecule has 0 atom stereocenters. The van der Waals surface area contributed by atoms with E-state index in [0.717, 1.165) is 5.56 Å². The number of nitrogens with zero attached hydrogens (tertiary/aromatic N) is 2. The highest BCUT2D eigenvalue weighted by atomic mass is 16.2. The zero-order valence-electron chi connectivity index (χ0n) is 15.1. The number of aryl methyl sites for hydroxylation is 1. The molecule has 0 aliphatic heterocycles. The smallest absolute Gasteiger partial charge is 0.262 e. The van der Waals surface area contributed by atoms with Crippen LogP contribution in [-0.2, 0) is 10.3 Å². The van der Waals surface area contributed by atoms with E-state index in [-0.39, 0.29) is 11.5 Å². The zero-order chi connectivity index (χ0) is 18.7. The van der Waals surface area contributed by atoms with E-state index in [1.54, 1.807) is 32.9 Å². The second-order valence-electron chi connectivity index (χ2n) is 6.63. The number of hydrogen-bond donors (Lipinski definition) is 1. The number of para-hydroxylation sites is 1. The van der Waals surface area contributed by atoms with Gasteiger partial charge in [0.25, 0.3) is 5.56 Å². The number of nitrogens with one attached hydrogen (secondary N) is 1. The molecule has 0 aliphatic rings. The molecule has 5 nitrogen and oxygen atoms in total. The van der Waals surface area contributed by atoms with Gasteiger partial charge in [0.15, 0.2) is 0 Å². The molecule has 2 aromatic carbocycles. The molecule has 1 N–H and O–H groups in total. The van der Waals surface area contributed by atoms with Gasteiger partial charge in [0.2, 0.25) is 5.91 Å². The summed E-state index contributed by atoms with van der Waals surface area (Å²) in [5.41, 5.74) is 1.28. The lowest BCUT2D eigenvalue weighted by atomic mass is 10.0. The highest BCUT2D eigenvalue weighted by Gasteiger charge is 2.32. The van der Waals surface area contributed by atoms with E-state index >= 15 is 0 Å². The fourth-order valence-corrected chi connectivity index (χ4v) is 2.79. The van der Waals surface area contributed by atoms with Crippen molar-refractivity contribution >= 4 is 11.6 Å². The van der Waals surface area contributed by atoms with Crippen molar-refractivity contribution in [2.45, 2.75) is 26.3 Å². The molecule has 5 heteroatoms. The quantitative estimate of drug-likeness (QED) is 0.784. The predicted molar refractivity (Wildman–Crippen MR) is 103 cm³/mol. The average Bonchev–Trinajstić information content (AvgIpc) is 2.63. The molecule has 0 unspecified atom stereocenters. The summed E-state index contributed by atoms with van der Waals surface area (Å²) >= 11 is 0. The van der Waals surface area contributed by atoms with Gasteiger partial charge in [-0.3, -0.25) is 14.2 Å². The molecular weight excluding hydrogens is 326 g/mol. The van der Waals surface area contributed by atoms with E-state index in [4.69, 9.17) is 0 Å². The molecule has 0 spiro atoms. The second kappa shape index (κ2) is 6.96. The van der Waals surface area contributed by atoms with E-state index in [2.05, 4.69) is 10.3 Å². The summed E-state index contributed by atoms with van der Waals surface area (Å²) in [5, 5.41) is 2.86. The van der Waals surface area contributed by atoms with Gasteiger partial charge in [-0.25, -0.2) is 4.98 Å². The normalized spacial score (nSPS) is 11.2. The van der Waals surface area contributed by atoms with Crippen LogP contribution in [0, 0.1) is 6.92 Å². The molecule has 0 saturated heterocycles. The van der Waals surface area contributed by atoms with Crippen LogP contribution in [0.1, 0.15) is 19.5 Å². The van der Waals surface area contributed by atoms with Gasteiger partial charge < -0.3 is 5.32 Å². The zero-order valence-corrected chi connectivity index (χ0v) is 15.1. The van der Waals surface area contributed by atoms with Gasteiger partial charge in [0.05, 0.1) is 17.6 Å². The van der Waals surface area contributed by atoms with Crippen LogP contribution in [0.5, 0.6) is 0 Å². The maximum absolute atomic E-state index is 13.1. The van der Waals surface area contributed by atoms with Crippen molar-refractivity contribution < 1.29 is 4.79 Å². The molecule has 1 aromatic heterocycles. The van der Waals surface area contributed by atoms with Crippen LogP contribution in [0.4, 0.5) is 5.69 Å². The summed E-state index contributed by atoms with van der Waals surface area (Å²) in [7, 11) is 0. The number of carbonyl (C=O) groups is 1. The molecular formula is C21H21N3O2. The summed E-state index contributed by atoms with van der Waals surface area (Å²) in [4.78, 5) is 30.3. The van der Waals surface area contributed by atoms with Crippen LogP contribution in [0.3, 0.4) is 0 Å². The number of benzene rings is 2. The van der Waals surface area contributed by atoms with Crippen molar-refractivity contribution in [3.05, 3.63) is 83.0 Å². The predicted octanol–water partition coefficient (Wildman–Crippen LogP) is 3.59. The van der Waals surface area contributed by atoms with Crippen molar-refractivity contribution in [3.8, 4) is 11.1 Å². The van der Waals surface area contributed by atoms with Crippen LogP contribution >= 0.6 is 0 Å². The van der Waals surface area contributed by atoms with Crippen LogP contribution in [-0.4, -0.2) is 15.5 Å². The Morgan fingerprint density at radius 2 is 1.58 bits per heavy atom. The molecule has 0 saturated carbocycles. The molecule has 0 bridgehead atoms. The van der Waals surface area contributed by atoms with Crippen LogP contribution < -0.4 is 10.9 Å². The fourth-order valence-electron chi connectivity index (χ4n) is 2.79. The molecule has 1 amide bonds. The van der Waals surface area contributed by atoms with Gasteiger partial charge in [-0.2, -0.15) is 0 Å². The summed E-state index contributed by atoms with van der Waals surface area (Å²) < 4.78 is 1.39. The minimum Gasteiger partial charge on any atom is -0.324 e. The third kappa shape index (κ3) is 3.28. The molecule has 0 fully saturated rings. The van der Waals surface area contributed by atoms with Crippen molar-refractivity contribution in [1.29, 1.82) is 0 Å². The minimum atomic E-state index is -1.10. The van der Waals surface area contributed by atoms with Gasteiger partial charge in [-0.1, -0.05) is 48.5 Å². The molecule has 26 heavy (non-hydrogen) atoms. The third-order valence-electron chi connectivity index (χ3n) is 4.41. The standard InChI is InChI=1S/C21H21N3O2/c1-15-18(16-10-6-4-7-11-16)19(25)24(14-22-15)21(2,3)20(26)23-17-12-8-5-9-13-17/h4-14H,1-3H3,(H,23,26). The van der Waals surface area contributed by atoms with E-state index in [9.17, 15) is 9.59 Å². The number of rotatable bonds is 4. The van der Waals surface area contributed by atoms with E-state index in [0.29, 0.717) is 16.9 Å². The van der Waals surface area contributed by atoms with Gasteiger partial charge in [0.1, 0.15) is 5.54 Å². The molecule has 132 valence electrons. The first-order valence-electron chi connectivity index (χ1n) is 8.42. The van der Waals surface area contributed by atoms with Crippen molar-refractivity contribution in [3.63, 3.8) is 0 Å². The number of aromatic nitrogens is 2. The maximum atomic E-state index is 13.1. The second-order valence-corrected chi connectivity index (χ2v) is 6.63. The van der Waals surface area contributed by atoms with E-state index in [1.807, 2.05) is 48.5 Å². The van der Waals surface area contributed by atoms with Gasteiger partial charge >= 0.3 is 0 Å². The SMILES string of the molecule is Cc1ncn(C(C)(C)C(=O)Nc2ccccc2)c(=O)c1-c1ccccc1. The lowest BCUT2D eigenvalue weighted by Crippen LogP contribution is -2.46. The van der Waals surface area contributed by atoms with Gasteiger partial charge in [-0.05, 0) is 38.5 Å². The third-order valence-corrected chi connectivity index (χ3v) is 4.41. The largest absolute Gasteiger partial charge is 0.324 e. The molecule has 1 heterocycles. The highest BCUT2D eigenvalue weighted by Crippen LogP contribution is 2.21. The number of carbonyl (C=O) groups excluding carboxylic acids is 1. The van der Waals surface area contributed by atoms with Crippen molar-refractivity contribution in [2.75, 3.05) is 5.32 Å². The highest BCUT2D eigenvalue weighted by molar-refractivity contribution is 5.96. The van der Waals surface area contributed by atoms with Crippen LogP contribution in [0.2, 0.25) is 0 Å². The Bertz CT molecular complexity index is 977. The molecule has 3 aromatic rings. The van der Waals surface area contributed by atoms with Crippen LogP contribution in [0.15, 0.2) is 71.8 Å². The maximum Gasteiger partial charge on any atom is 0.262 e. The Balaban J connectivity index is 2.03. The number of hydrogen-bond acceptors (Lipinski definition) is 3. The summed E-state index contributed by atoms with van der Waals surface area (Å²) in [6.45, 7) is 5.21. The fraction of sp³-hybridized carbons (Fsp3) is 0.190. The first-order chi connectivity index (χ1) is 12.4. The Morgan fingerprint density at radius 3 is 2.19 bits per heavy atom. The first-order valence-corrected chi connectivity index (χ1v) is 8.42. The first kappa shape index (κ1) is 17.6. The summed E-state index contributed by atoms with van der Waals surface area (Å²) in [6.07, 6.45) is 1.44. The Kier molecular flexibility index (Phi) is 4.71. The number of anilines is 1. The van der Waals surface area contributed by atoms with E-state index in [1.165, 1.54) is 10.9 Å². The van der Waals surface area contributed by atoms with Crippen LogP contribution in [0.25, 0.3) is 11.1 Å². The molecule has 0 radical (unpaired) electrons. The average molecular weight is 347 g/mol. The van der Waals surface area contributed by atoms with Gasteiger partial charge in [-0.15, -0.1) is 0 Å². The molecule has 0 aliphatic carbocycles. The lowest BCUT2D eigenvalue weighted by molar-refractivity contribution is -0.123. The minimum absolute atomic E-state index is 0.239. The number of amides is 1. The van der Waals surface area contributed by atoms with E-state index < -0.39 is 5.54 Å². The van der Waals surface area contributed by atoms with Crippen molar-refractivity contribution in [2.24, 2.45) is 0 Å². The Labute approximate surface area is 152 Å².